The van der Waals surface area contributed by atoms with E-state index < -0.39 is 11.9 Å². The van der Waals surface area contributed by atoms with Gasteiger partial charge in [-0.1, -0.05) is 0 Å². The molecule has 1 aliphatic heterocycles. The van der Waals surface area contributed by atoms with Crippen LogP contribution in [0.15, 0.2) is 12.3 Å². The summed E-state index contributed by atoms with van der Waals surface area (Å²) in [6.45, 7) is 3.48. The van der Waals surface area contributed by atoms with Crippen LogP contribution in [0.5, 0.6) is 0 Å². The van der Waals surface area contributed by atoms with Crippen molar-refractivity contribution in [3.05, 3.63) is 23.8 Å². The highest BCUT2D eigenvalue weighted by Crippen LogP contribution is 2.31. The second-order valence-corrected chi connectivity index (χ2v) is 5.81. The van der Waals surface area contributed by atoms with E-state index in [1.54, 1.807) is 11.7 Å². The highest BCUT2D eigenvalue weighted by molar-refractivity contribution is 5.04. The average Bonchev–Trinajstić information content (AvgIpc) is 3.15. The standard InChI is InChI=1S/C13H18F3N7/c1-9(12-17-19-20-21(12)2)22-6-3-4-10(8-22)23-7-5-11(18-23)13(14,15)16/h5,7,9-10H,3-4,6,8H2,1-2H3/t9-,10+/m0/s1. The molecular weight excluding hydrogens is 311 g/mol. The predicted octanol–water partition coefficient (Wildman–Crippen LogP) is 1.82. The van der Waals surface area contributed by atoms with E-state index in [9.17, 15) is 13.2 Å². The molecule has 3 heterocycles. The molecule has 0 aromatic carbocycles. The van der Waals surface area contributed by atoms with Crippen molar-refractivity contribution in [2.45, 2.75) is 38.0 Å². The molecule has 10 heteroatoms. The molecule has 1 aliphatic rings. The molecule has 0 N–H and O–H groups in total. The summed E-state index contributed by atoms with van der Waals surface area (Å²) < 4.78 is 41.1. The van der Waals surface area contributed by atoms with E-state index in [0.29, 0.717) is 6.54 Å². The zero-order valence-electron chi connectivity index (χ0n) is 12.9. The summed E-state index contributed by atoms with van der Waals surface area (Å²) in [7, 11) is 1.77. The number of piperidine rings is 1. The van der Waals surface area contributed by atoms with Gasteiger partial charge < -0.3 is 0 Å². The summed E-state index contributed by atoms with van der Waals surface area (Å²) >= 11 is 0. The van der Waals surface area contributed by atoms with Crippen LogP contribution in [0.2, 0.25) is 0 Å². The smallest absolute Gasteiger partial charge is 0.291 e. The van der Waals surface area contributed by atoms with Gasteiger partial charge in [-0.3, -0.25) is 9.58 Å². The summed E-state index contributed by atoms with van der Waals surface area (Å²) in [4.78, 5) is 2.18. The van der Waals surface area contributed by atoms with Gasteiger partial charge in [0.25, 0.3) is 0 Å². The number of hydrogen-bond acceptors (Lipinski definition) is 5. The van der Waals surface area contributed by atoms with Gasteiger partial charge in [0.1, 0.15) is 0 Å². The molecule has 1 fully saturated rings. The molecule has 0 spiro atoms. The average molecular weight is 329 g/mol. The summed E-state index contributed by atoms with van der Waals surface area (Å²) in [5, 5.41) is 15.2. The van der Waals surface area contributed by atoms with E-state index in [1.807, 2.05) is 6.92 Å². The van der Waals surface area contributed by atoms with Crippen molar-refractivity contribution >= 4 is 0 Å². The Morgan fingerprint density at radius 1 is 1.35 bits per heavy atom. The second kappa shape index (κ2) is 5.91. The molecule has 0 saturated carbocycles. The van der Waals surface area contributed by atoms with Gasteiger partial charge in [0.2, 0.25) is 0 Å². The molecule has 1 saturated heterocycles. The molecule has 0 unspecified atom stereocenters. The Kier molecular flexibility index (Phi) is 4.09. The van der Waals surface area contributed by atoms with Crippen LogP contribution in [0, 0.1) is 0 Å². The lowest BCUT2D eigenvalue weighted by molar-refractivity contribution is -0.141. The fourth-order valence-electron chi connectivity index (χ4n) is 3.00. The molecule has 2 aromatic rings. The number of likely N-dealkylation sites (tertiary alicyclic amines) is 1. The van der Waals surface area contributed by atoms with Crippen molar-refractivity contribution in [1.82, 2.24) is 34.9 Å². The van der Waals surface area contributed by atoms with E-state index in [2.05, 4.69) is 25.5 Å². The molecular formula is C13H18F3N7. The molecule has 0 aliphatic carbocycles. The van der Waals surface area contributed by atoms with Crippen molar-refractivity contribution in [2.24, 2.45) is 7.05 Å². The van der Waals surface area contributed by atoms with Gasteiger partial charge in [0.15, 0.2) is 11.5 Å². The maximum absolute atomic E-state index is 12.7. The van der Waals surface area contributed by atoms with Gasteiger partial charge in [0, 0.05) is 19.8 Å². The summed E-state index contributed by atoms with van der Waals surface area (Å²) in [5.41, 5.74) is -0.847. The number of hydrogen-bond donors (Lipinski definition) is 0. The number of nitrogens with zero attached hydrogens (tertiary/aromatic N) is 7. The first-order chi connectivity index (χ1) is 10.9. The third-order valence-corrected chi connectivity index (χ3v) is 4.28. The highest BCUT2D eigenvalue weighted by atomic mass is 19.4. The lowest BCUT2D eigenvalue weighted by atomic mass is 10.0. The van der Waals surface area contributed by atoms with Gasteiger partial charge in [-0.05, 0) is 42.8 Å². The molecule has 2 aromatic heterocycles. The van der Waals surface area contributed by atoms with Gasteiger partial charge in [-0.2, -0.15) is 18.3 Å². The lowest BCUT2D eigenvalue weighted by Crippen LogP contribution is -2.39. The molecule has 0 bridgehead atoms. The Balaban J connectivity index is 1.73. The molecule has 0 amide bonds. The minimum absolute atomic E-state index is 0.00421. The van der Waals surface area contributed by atoms with Gasteiger partial charge in [-0.15, -0.1) is 5.10 Å². The van der Waals surface area contributed by atoms with E-state index in [1.165, 1.54) is 10.9 Å². The molecule has 7 nitrogen and oxygen atoms in total. The summed E-state index contributed by atoms with van der Waals surface area (Å²) in [6.07, 6.45) is -1.30. The van der Waals surface area contributed by atoms with Crippen LogP contribution in [0.25, 0.3) is 0 Å². The first-order valence-electron chi connectivity index (χ1n) is 7.45. The Labute approximate surface area is 131 Å². The molecule has 0 radical (unpaired) electrons. The first-order valence-corrected chi connectivity index (χ1v) is 7.45. The van der Waals surface area contributed by atoms with Crippen LogP contribution in [0.4, 0.5) is 13.2 Å². The number of tetrazole rings is 1. The van der Waals surface area contributed by atoms with Gasteiger partial charge in [0.05, 0.1) is 12.1 Å². The Morgan fingerprint density at radius 3 is 2.74 bits per heavy atom. The quantitative estimate of drug-likeness (QED) is 0.859. The van der Waals surface area contributed by atoms with Crippen LogP contribution >= 0.6 is 0 Å². The minimum atomic E-state index is -4.41. The van der Waals surface area contributed by atoms with Crippen molar-refractivity contribution in [1.29, 1.82) is 0 Å². The van der Waals surface area contributed by atoms with Crippen molar-refractivity contribution in [3.8, 4) is 0 Å². The van der Waals surface area contributed by atoms with Crippen LogP contribution in [-0.4, -0.2) is 48.0 Å². The van der Waals surface area contributed by atoms with Crippen LogP contribution in [0.1, 0.15) is 43.4 Å². The number of halogens is 3. The van der Waals surface area contributed by atoms with Crippen molar-refractivity contribution in [2.75, 3.05) is 13.1 Å². The first kappa shape index (κ1) is 15.9. The molecule has 126 valence electrons. The van der Waals surface area contributed by atoms with E-state index in [4.69, 9.17) is 0 Å². The summed E-state index contributed by atoms with van der Waals surface area (Å²) in [6, 6.07) is 0.938. The van der Waals surface area contributed by atoms with E-state index in [-0.39, 0.29) is 12.1 Å². The monoisotopic (exact) mass is 329 g/mol. The third-order valence-electron chi connectivity index (χ3n) is 4.28. The van der Waals surface area contributed by atoms with E-state index >= 15 is 0 Å². The van der Waals surface area contributed by atoms with Crippen LogP contribution < -0.4 is 0 Å². The molecule has 23 heavy (non-hydrogen) atoms. The Morgan fingerprint density at radius 2 is 2.13 bits per heavy atom. The minimum Gasteiger partial charge on any atom is -0.291 e. The maximum Gasteiger partial charge on any atom is 0.435 e. The Bertz CT molecular complexity index is 663. The van der Waals surface area contributed by atoms with Gasteiger partial charge in [-0.25, -0.2) is 4.68 Å². The Hall–Kier alpha value is -1.97. The SMILES string of the molecule is C[C@@H](c1nnnn1C)N1CCC[C@@H](n2ccc(C(F)(F)F)n2)C1. The fourth-order valence-corrected chi connectivity index (χ4v) is 3.00. The topological polar surface area (TPSA) is 64.7 Å². The lowest BCUT2D eigenvalue weighted by Gasteiger charge is -2.36. The maximum atomic E-state index is 12.7. The number of aryl methyl sites for hydroxylation is 1. The molecule has 3 rings (SSSR count). The van der Waals surface area contributed by atoms with Crippen LogP contribution in [-0.2, 0) is 13.2 Å². The van der Waals surface area contributed by atoms with Crippen LogP contribution in [0.3, 0.4) is 0 Å². The largest absolute Gasteiger partial charge is 0.435 e. The number of aromatic nitrogens is 6. The van der Waals surface area contributed by atoms with Crippen molar-refractivity contribution in [3.63, 3.8) is 0 Å². The normalized spacial score (nSPS) is 21.5. The number of alkyl halides is 3. The zero-order valence-corrected chi connectivity index (χ0v) is 12.9. The molecule has 2 atom stereocenters. The highest BCUT2D eigenvalue weighted by Gasteiger charge is 2.35. The second-order valence-electron chi connectivity index (χ2n) is 5.81. The fraction of sp³-hybridized carbons (Fsp3) is 0.692. The summed E-state index contributed by atoms with van der Waals surface area (Å²) in [5.74, 6) is 0.738. The van der Waals surface area contributed by atoms with Gasteiger partial charge >= 0.3 is 6.18 Å². The number of rotatable bonds is 3. The predicted molar refractivity (Wildman–Crippen MR) is 74.3 cm³/mol. The van der Waals surface area contributed by atoms with Crippen molar-refractivity contribution < 1.29 is 13.2 Å². The zero-order chi connectivity index (χ0) is 16.6. The van der Waals surface area contributed by atoms with E-state index in [0.717, 1.165) is 31.3 Å². The third kappa shape index (κ3) is 3.21.